The summed E-state index contributed by atoms with van der Waals surface area (Å²) < 4.78 is 1.89. The van der Waals surface area contributed by atoms with E-state index in [9.17, 15) is 0 Å². The van der Waals surface area contributed by atoms with Crippen molar-refractivity contribution in [1.29, 1.82) is 0 Å². The first-order chi connectivity index (χ1) is 12.9. The van der Waals surface area contributed by atoms with Crippen molar-refractivity contribution in [2.75, 3.05) is 11.9 Å². The van der Waals surface area contributed by atoms with Gasteiger partial charge in [-0.25, -0.2) is 9.97 Å². The van der Waals surface area contributed by atoms with Gasteiger partial charge in [-0.15, -0.1) is 15.3 Å². The molecule has 0 aromatic carbocycles. The molecule has 4 rings (SSSR count). The topological polar surface area (TPSA) is 80.9 Å². The molecule has 0 spiro atoms. The number of nitrogens with one attached hydrogen (secondary N) is 1. The molecule has 2 unspecified atom stereocenters. The minimum absolute atomic E-state index is 0.0246. The third kappa shape index (κ3) is 3.91. The van der Waals surface area contributed by atoms with E-state index in [0.717, 1.165) is 48.2 Å². The Labute approximate surface area is 159 Å². The SMILES string of the molecule is CC1CC1c1nnc2ccc(NCCCc3ccnc(C(C)(C)C)n3)nn12. The van der Waals surface area contributed by atoms with Gasteiger partial charge in [0.15, 0.2) is 11.5 Å². The highest BCUT2D eigenvalue weighted by Gasteiger charge is 2.38. The molecule has 1 fully saturated rings. The number of aromatic nitrogens is 6. The monoisotopic (exact) mass is 365 g/mol. The Morgan fingerprint density at radius 3 is 2.74 bits per heavy atom. The molecule has 1 N–H and O–H groups in total. The maximum absolute atomic E-state index is 4.69. The molecule has 0 radical (unpaired) electrons. The number of hydrogen-bond acceptors (Lipinski definition) is 6. The van der Waals surface area contributed by atoms with Crippen molar-refractivity contribution < 1.29 is 0 Å². The third-order valence-electron chi connectivity index (χ3n) is 5.03. The first-order valence-corrected chi connectivity index (χ1v) is 9.70. The highest BCUT2D eigenvalue weighted by molar-refractivity contribution is 5.44. The van der Waals surface area contributed by atoms with Crippen molar-refractivity contribution in [2.45, 2.75) is 58.3 Å². The minimum Gasteiger partial charge on any atom is -0.369 e. The maximum Gasteiger partial charge on any atom is 0.178 e. The summed E-state index contributed by atoms with van der Waals surface area (Å²) in [7, 11) is 0. The molecular formula is C20H27N7. The van der Waals surface area contributed by atoms with Gasteiger partial charge in [-0.3, -0.25) is 0 Å². The standard InChI is InChI=1S/C20H27N7/c1-13-12-15(13)18-25-24-17-8-7-16(26-27(17)18)21-10-5-6-14-9-11-22-19(23-14)20(2,3)4/h7-9,11,13,15H,5-6,10,12H2,1-4H3,(H,21,26). The molecule has 7 nitrogen and oxygen atoms in total. The number of fused-ring (bicyclic) bond motifs is 1. The van der Waals surface area contributed by atoms with E-state index in [-0.39, 0.29) is 5.41 Å². The summed E-state index contributed by atoms with van der Waals surface area (Å²) in [5.41, 5.74) is 1.87. The number of nitrogens with zero attached hydrogens (tertiary/aromatic N) is 6. The van der Waals surface area contributed by atoms with Crippen molar-refractivity contribution in [2.24, 2.45) is 5.92 Å². The first-order valence-electron chi connectivity index (χ1n) is 9.70. The van der Waals surface area contributed by atoms with Gasteiger partial charge in [0.1, 0.15) is 11.6 Å². The molecule has 142 valence electrons. The van der Waals surface area contributed by atoms with Gasteiger partial charge in [-0.1, -0.05) is 27.7 Å². The van der Waals surface area contributed by atoms with Gasteiger partial charge in [-0.2, -0.15) is 4.52 Å². The van der Waals surface area contributed by atoms with E-state index in [4.69, 9.17) is 4.98 Å². The summed E-state index contributed by atoms with van der Waals surface area (Å²) in [6, 6.07) is 5.94. The van der Waals surface area contributed by atoms with Crippen LogP contribution in [-0.4, -0.2) is 36.3 Å². The Morgan fingerprint density at radius 1 is 1.19 bits per heavy atom. The van der Waals surface area contributed by atoms with Crippen LogP contribution in [0.2, 0.25) is 0 Å². The van der Waals surface area contributed by atoms with Gasteiger partial charge in [-0.05, 0) is 43.4 Å². The fourth-order valence-electron chi connectivity index (χ4n) is 3.20. The largest absolute Gasteiger partial charge is 0.369 e. The van der Waals surface area contributed by atoms with Crippen LogP contribution in [0.5, 0.6) is 0 Å². The molecule has 0 bridgehead atoms. The van der Waals surface area contributed by atoms with E-state index in [1.54, 1.807) is 0 Å². The van der Waals surface area contributed by atoms with Crippen LogP contribution >= 0.6 is 0 Å². The lowest BCUT2D eigenvalue weighted by molar-refractivity contribution is 0.540. The lowest BCUT2D eigenvalue weighted by atomic mass is 9.95. The second-order valence-electron chi connectivity index (χ2n) is 8.52. The van der Waals surface area contributed by atoms with E-state index < -0.39 is 0 Å². The smallest absolute Gasteiger partial charge is 0.178 e. The molecule has 3 heterocycles. The van der Waals surface area contributed by atoms with Crippen LogP contribution in [0.3, 0.4) is 0 Å². The predicted molar refractivity (Wildman–Crippen MR) is 105 cm³/mol. The van der Waals surface area contributed by atoms with Crippen molar-refractivity contribution in [3.8, 4) is 0 Å². The molecule has 3 aromatic rings. The third-order valence-corrected chi connectivity index (χ3v) is 5.03. The van der Waals surface area contributed by atoms with Gasteiger partial charge in [0.2, 0.25) is 0 Å². The van der Waals surface area contributed by atoms with Gasteiger partial charge in [0.25, 0.3) is 0 Å². The summed E-state index contributed by atoms with van der Waals surface area (Å²) in [4.78, 5) is 9.08. The highest BCUT2D eigenvalue weighted by Crippen LogP contribution is 2.45. The molecule has 7 heteroatoms. The van der Waals surface area contributed by atoms with E-state index in [1.165, 1.54) is 6.42 Å². The van der Waals surface area contributed by atoms with Crippen LogP contribution < -0.4 is 5.32 Å². The molecule has 1 aliphatic carbocycles. The Bertz CT molecular complexity index is 941. The fraction of sp³-hybridized carbons (Fsp3) is 0.550. The number of rotatable bonds is 6. The van der Waals surface area contributed by atoms with Crippen LogP contribution in [0.4, 0.5) is 5.82 Å². The van der Waals surface area contributed by atoms with Crippen LogP contribution in [0, 0.1) is 5.92 Å². The second-order valence-corrected chi connectivity index (χ2v) is 8.52. The van der Waals surface area contributed by atoms with Crippen LogP contribution in [0.1, 0.15) is 63.8 Å². The molecule has 0 aliphatic heterocycles. The Balaban J connectivity index is 1.35. The number of hydrogen-bond donors (Lipinski definition) is 1. The summed E-state index contributed by atoms with van der Waals surface area (Å²) >= 11 is 0. The lowest BCUT2D eigenvalue weighted by Crippen LogP contribution is -2.17. The van der Waals surface area contributed by atoms with E-state index in [0.29, 0.717) is 11.8 Å². The summed E-state index contributed by atoms with van der Waals surface area (Å²) in [6.45, 7) is 9.49. The molecular weight excluding hydrogens is 338 g/mol. The van der Waals surface area contributed by atoms with Crippen LogP contribution in [-0.2, 0) is 11.8 Å². The number of aryl methyl sites for hydroxylation is 1. The molecule has 3 aromatic heterocycles. The van der Waals surface area contributed by atoms with E-state index in [2.05, 4.69) is 53.3 Å². The van der Waals surface area contributed by atoms with Crippen molar-refractivity contribution >= 4 is 11.5 Å². The molecule has 0 amide bonds. The summed E-state index contributed by atoms with van der Waals surface area (Å²) in [5, 5.41) is 16.6. The van der Waals surface area contributed by atoms with Crippen molar-refractivity contribution in [1.82, 2.24) is 29.8 Å². The molecule has 1 aliphatic rings. The Morgan fingerprint density at radius 2 is 2.00 bits per heavy atom. The zero-order valence-corrected chi connectivity index (χ0v) is 16.5. The van der Waals surface area contributed by atoms with E-state index in [1.807, 2.05) is 28.9 Å². The first kappa shape index (κ1) is 17.8. The molecule has 1 saturated carbocycles. The quantitative estimate of drug-likeness (QED) is 0.675. The zero-order chi connectivity index (χ0) is 19.0. The summed E-state index contributed by atoms with van der Waals surface area (Å²) in [6.07, 6.45) is 4.93. The predicted octanol–water partition coefficient (Wildman–Crippen LogP) is 3.38. The average Bonchev–Trinajstić information content (AvgIpc) is 3.21. The highest BCUT2D eigenvalue weighted by atomic mass is 15.4. The van der Waals surface area contributed by atoms with Gasteiger partial charge < -0.3 is 5.32 Å². The fourth-order valence-corrected chi connectivity index (χ4v) is 3.20. The van der Waals surface area contributed by atoms with Gasteiger partial charge in [0, 0.05) is 29.8 Å². The van der Waals surface area contributed by atoms with Crippen LogP contribution in [0.25, 0.3) is 5.65 Å². The second kappa shape index (κ2) is 6.87. The molecule has 2 atom stereocenters. The number of anilines is 1. The van der Waals surface area contributed by atoms with Crippen LogP contribution in [0.15, 0.2) is 24.4 Å². The van der Waals surface area contributed by atoms with Crippen molar-refractivity contribution in [3.63, 3.8) is 0 Å². The average molecular weight is 365 g/mol. The normalized spacial score (nSPS) is 19.4. The lowest BCUT2D eigenvalue weighted by Gasteiger charge is -2.16. The maximum atomic E-state index is 4.69. The Kier molecular flexibility index (Phi) is 4.53. The molecule has 27 heavy (non-hydrogen) atoms. The van der Waals surface area contributed by atoms with Gasteiger partial charge in [0.05, 0.1) is 0 Å². The zero-order valence-electron chi connectivity index (χ0n) is 16.5. The summed E-state index contributed by atoms with van der Waals surface area (Å²) in [5.74, 6) is 3.92. The van der Waals surface area contributed by atoms with Crippen molar-refractivity contribution in [3.05, 3.63) is 41.7 Å². The minimum atomic E-state index is -0.0246. The van der Waals surface area contributed by atoms with E-state index >= 15 is 0 Å². The molecule has 0 saturated heterocycles. The van der Waals surface area contributed by atoms with Gasteiger partial charge >= 0.3 is 0 Å². The Hall–Kier alpha value is -2.57.